The van der Waals surface area contributed by atoms with Gasteiger partial charge in [0.25, 0.3) is 6.01 Å². The van der Waals surface area contributed by atoms with Gasteiger partial charge in [0.15, 0.2) is 5.69 Å². The Hall–Kier alpha value is -1.73. The van der Waals surface area contributed by atoms with Crippen molar-refractivity contribution in [2.45, 2.75) is 32.5 Å². The summed E-state index contributed by atoms with van der Waals surface area (Å²) < 4.78 is 45.7. The Kier molecular flexibility index (Phi) is 4.57. The van der Waals surface area contributed by atoms with Crippen molar-refractivity contribution in [1.29, 1.82) is 0 Å². The molecule has 0 aliphatic heterocycles. The monoisotopic (exact) mass is 266 g/mol. The quantitative estimate of drug-likeness (QED) is 0.830. The molecule has 1 unspecified atom stereocenters. The number of esters is 1. The van der Waals surface area contributed by atoms with Crippen LogP contribution in [0.1, 0.15) is 30.8 Å². The number of oxazole rings is 1. The summed E-state index contributed by atoms with van der Waals surface area (Å²) in [6.45, 7) is 3.14. The van der Waals surface area contributed by atoms with Crippen molar-refractivity contribution in [2.75, 3.05) is 11.9 Å². The Balaban J connectivity index is 2.56. The topological polar surface area (TPSA) is 64.4 Å². The van der Waals surface area contributed by atoms with Crippen molar-refractivity contribution >= 4 is 12.0 Å². The zero-order valence-electron chi connectivity index (χ0n) is 9.87. The Morgan fingerprint density at radius 3 is 2.83 bits per heavy atom. The lowest BCUT2D eigenvalue weighted by Crippen LogP contribution is -2.24. The van der Waals surface area contributed by atoms with E-state index in [0.29, 0.717) is 0 Å². The van der Waals surface area contributed by atoms with Crippen LogP contribution in [-0.2, 0) is 4.74 Å². The van der Waals surface area contributed by atoms with Gasteiger partial charge >= 0.3 is 12.1 Å². The summed E-state index contributed by atoms with van der Waals surface area (Å²) in [5, 5.41) is 2.41. The van der Waals surface area contributed by atoms with Crippen LogP contribution in [0, 0.1) is 0 Å². The van der Waals surface area contributed by atoms with Crippen molar-refractivity contribution in [3.05, 3.63) is 12.0 Å². The van der Waals surface area contributed by atoms with Crippen molar-refractivity contribution in [2.24, 2.45) is 0 Å². The molecule has 1 heterocycles. The molecule has 5 nitrogen and oxygen atoms in total. The second-order valence-electron chi connectivity index (χ2n) is 3.62. The van der Waals surface area contributed by atoms with Crippen molar-refractivity contribution in [3.63, 3.8) is 0 Å². The first-order valence-electron chi connectivity index (χ1n) is 5.27. The average Bonchev–Trinajstić information content (AvgIpc) is 2.63. The van der Waals surface area contributed by atoms with Gasteiger partial charge in [-0.3, -0.25) is 0 Å². The molecule has 0 spiro atoms. The van der Waals surface area contributed by atoms with Gasteiger partial charge in [0.05, 0.1) is 13.0 Å². The first-order chi connectivity index (χ1) is 8.31. The van der Waals surface area contributed by atoms with Gasteiger partial charge in [-0.25, -0.2) is 4.79 Å². The van der Waals surface area contributed by atoms with Crippen LogP contribution in [0.15, 0.2) is 10.7 Å². The molecule has 1 aromatic rings. The summed E-state index contributed by atoms with van der Waals surface area (Å²) in [7, 11) is 0. The van der Waals surface area contributed by atoms with Gasteiger partial charge in [-0.05, 0) is 13.8 Å². The van der Waals surface area contributed by atoms with Crippen LogP contribution in [0.5, 0.6) is 0 Å². The van der Waals surface area contributed by atoms with Gasteiger partial charge in [-0.15, -0.1) is 0 Å². The number of carbonyl (C=O) groups is 1. The second kappa shape index (κ2) is 5.74. The molecular formula is C10H13F3N2O3. The fraction of sp³-hybridized carbons (Fsp3) is 0.600. The van der Waals surface area contributed by atoms with E-state index >= 15 is 0 Å². The van der Waals surface area contributed by atoms with E-state index in [1.54, 1.807) is 6.92 Å². The first kappa shape index (κ1) is 14.3. The predicted octanol–water partition coefficient (Wildman–Crippen LogP) is 2.60. The van der Waals surface area contributed by atoms with E-state index in [4.69, 9.17) is 4.42 Å². The summed E-state index contributed by atoms with van der Waals surface area (Å²) in [5.41, 5.74) is -0.0847. The Labute approximate surface area is 101 Å². The molecule has 8 heteroatoms. The first-order valence-corrected chi connectivity index (χ1v) is 5.27. The molecule has 1 atom stereocenters. The number of alkyl halides is 3. The van der Waals surface area contributed by atoms with Crippen LogP contribution in [0.25, 0.3) is 0 Å². The molecule has 1 N–H and O–H groups in total. The maximum Gasteiger partial charge on any atom is 0.391 e. The van der Waals surface area contributed by atoms with Crippen molar-refractivity contribution in [3.8, 4) is 0 Å². The highest BCUT2D eigenvalue weighted by Crippen LogP contribution is 2.23. The Bertz CT molecular complexity index is 403. The highest BCUT2D eigenvalue weighted by atomic mass is 19.4. The number of nitrogens with zero attached hydrogens (tertiary/aromatic N) is 1. The predicted molar refractivity (Wildman–Crippen MR) is 56.2 cm³/mol. The molecule has 0 aliphatic carbocycles. The van der Waals surface area contributed by atoms with E-state index in [2.05, 4.69) is 15.0 Å². The maximum atomic E-state index is 12.1. The lowest BCUT2D eigenvalue weighted by atomic mass is 10.2. The number of hydrogen-bond acceptors (Lipinski definition) is 5. The molecular weight excluding hydrogens is 253 g/mol. The molecule has 1 rings (SSSR count). The standard InChI is InChI=1S/C10H13F3N2O3/c1-3-17-8(16)7-5-18-9(15-7)14-6(2)4-10(11,12)13/h5-6H,3-4H2,1-2H3,(H,14,15). The van der Waals surface area contributed by atoms with E-state index in [-0.39, 0.29) is 18.3 Å². The fourth-order valence-electron chi connectivity index (χ4n) is 1.25. The van der Waals surface area contributed by atoms with E-state index in [1.807, 2.05) is 0 Å². The minimum Gasteiger partial charge on any atom is -0.461 e. The van der Waals surface area contributed by atoms with Crippen molar-refractivity contribution < 1.29 is 27.1 Å². The van der Waals surface area contributed by atoms with Gasteiger partial charge in [-0.2, -0.15) is 18.2 Å². The third-order valence-electron chi connectivity index (χ3n) is 1.90. The van der Waals surface area contributed by atoms with Crippen LogP contribution >= 0.6 is 0 Å². The molecule has 0 aromatic carbocycles. The molecule has 102 valence electrons. The van der Waals surface area contributed by atoms with Gasteiger partial charge in [0, 0.05) is 6.04 Å². The van der Waals surface area contributed by atoms with Crippen LogP contribution in [0.4, 0.5) is 19.2 Å². The molecule has 0 aliphatic rings. The third kappa shape index (κ3) is 4.64. The summed E-state index contributed by atoms with van der Waals surface area (Å²) in [6.07, 6.45) is -4.27. The minimum absolute atomic E-state index is 0.0847. The van der Waals surface area contributed by atoms with E-state index in [1.165, 1.54) is 6.92 Å². The molecule has 0 saturated carbocycles. The lowest BCUT2D eigenvalue weighted by Gasteiger charge is -2.13. The van der Waals surface area contributed by atoms with E-state index in [9.17, 15) is 18.0 Å². The van der Waals surface area contributed by atoms with Crippen LogP contribution in [0.2, 0.25) is 0 Å². The summed E-state index contributed by atoms with van der Waals surface area (Å²) >= 11 is 0. The lowest BCUT2D eigenvalue weighted by molar-refractivity contribution is -0.136. The number of anilines is 1. The van der Waals surface area contributed by atoms with Crippen LogP contribution in [0.3, 0.4) is 0 Å². The van der Waals surface area contributed by atoms with Crippen LogP contribution in [-0.4, -0.2) is 29.8 Å². The molecule has 1 aromatic heterocycles. The highest BCUT2D eigenvalue weighted by Gasteiger charge is 2.30. The summed E-state index contributed by atoms with van der Waals surface area (Å²) in [4.78, 5) is 14.9. The van der Waals surface area contributed by atoms with E-state index in [0.717, 1.165) is 6.26 Å². The number of halogens is 3. The average molecular weight is 266 g/mol. The maximum absolute atomic E-state index is 12.1. The minimum atomic E-state index is -4.27. The molecule has 0 amide bonds. The van der Waals surface area contributed by atoms with Gasteiger partial charge in [0.1, 0.15) is 6.26 Å². The van der Waals surface area contributed by atoms with E-state index < -0.39 is 24.6 Å². The third-order valence-corrected chi connectivity index (χ3v) is 1.90. The van der Waals surface area contributed by atoms with Gasteiger partial charge in [0.2, 0.25) is 0 Å². The summed E-state index contributed by atoms with van der Waals surface area (Å²) in [6, 6.07) is -1.05. The number of carbonyl (C=O) groups excluding carboxylic acids is 1. The molecule has 0 radical (unpaired) electrons. The molecule has 0 fully saturated rings. The highest BCUT2D eigenvalue weighted by molar-refractivity contribution is 5.87. The molecule has 0 bridgehead atoms. The molecule has 0 saturated heterocycles. The van der Waals surface area contributed by atoms with Gasteiger partial charge < -0.3 is 14.5 Å². The largest absolute Gasteiger partial charge is 0.461 e. The van der Waals surface area contributed by atoms with Crippen molar-refractivity contribution in [1.82, 2.24) is 4.98 Å². The number of nitrogens with one attached hydrogen (secondary N) is 1. The smallest absolute Gasteiger partial charge is 0.391 e. The number of hydrogen-bond donors (Lipinski definition) is 1. The number of rotatable bonds is 5. The fourth-order valence-corrected chi connectivity index (χ4v) is 1.25. The van der Waals surface area contributed by atoms with Crippen LogP contribution < -0.4 is 5.32 Å². The Morgan fingerprint density at radius 1 is 1.61 bits per heavy atom. The number of aromatic nitrogens is 1. The SMILES string of the molecule is CCOC(=O)c1coc(NC(C)CC(F)(F)F)n1. The Morgan fingerprint density at radius 2 is 2.28 bits per heavy atom. The zero-order chi connectivity index (χ0) is 13.8. The second-order valence-corrected chi connectivity index (χ2v) is 3.62. The zero-order valence-corrected chi connectivity index (χ0v) is 9.87. The normalized spacial score (nSPS) is 13.2. The molecule has 18 heavy (non-hydrogen) atoms. The van der Waals surface area contributed by atoms with Gasteiger partial charge in [-0.1, -0.05) is 0 Å². The summed E-state index contributed by atoms with van der Waals surface area (Å²) in [5.74, 6) is -0.683. The number of ether oxygens (including phenoxy) is 1.